The van der Waals surface area contributed by atoms with Crippen molar-refractivity contribution in [1.82, 2.24) is 5.32 Å². The Morgan fingerprint density at radius 3 is 2.06 bits per heavy atom. The van der Waals surface area contributed by atoms with E-state index in [-0.39, 0.29) is 26.5 Å². The molecule has 106 valence electrons. The van der Waals surface area contributed by atoms with Crippen LogP contribution in [0.5, 0.6) is 0 Å². The number of carbonyl (C=O) groups is 2. The average molecular weight is 267 g/mol. The van der Waals surface area contributed by atoms with Crippen molar-refractivity contribution in [2.24, 2.45) is 0 Å². The minimum Gasteiger partial charge on any atom is -0.450 e. The van der Waals surface area contributed by atoms with Crippen LogP contribution in [0.25, 0.3) is 0 Å². The van der Waals surface area contributed by atoms with E-state index in [9.17, 15) is 9.59 Å². The van der Waals surface area contributed by atoms with Crippen LogP contribution in [0.4, 0.5) is 9.59 Å². The smallest absolute Gasteiger partial charge is 0.450 e. The minimum absolute atomic E-state index is 0.00151. The number of ether oxygens (including phenoxy) is 3. The Hall–Kier alpha value is -1.58. The fourth-order valence-electron chi connectivity index (χ4n) is 0.917. The topological polar surface area (TPSA) is 135 Å². The molecule has 18 heavy (non-hydrogen) atoms. The molecule has 0 fully saturated rings. The van der Waals surface area contributed by atoms with Crippen molar-refractivity contribution in [3.05, 3.63) is 0 Å². The van der Waals surface area contributed by atoms with E-state index in [2.05, 4.69) is 14.8 Å². The van der Waals surface area contributed by atoms with Crippen molar-refractivity contribution in [3.63, 3.8) is 0 Å². The molecule has 0 spiro atoms. The number of hydrogen-bond donors (Lipinski definition) is 4. The molecular formula is C9H17NO8. The van der Waals surface area contributed by atoms with E-state index in [1.165, 1.54) is 0 Å². The van der Waals surface area contributed by atoms with Gasteiger partial charge in [-0.2, -0.15) is 0 Å². The summed E-state index contributed by atoms with van der Waals surface area (Å²) in [4.78, 5) is 20.4. The van der Waals surface area contributed by atoms with Crippen molar-refractivity contribution in [2.45, 2.75) is 19.1 Å². The first-order valence-corrected chi connectivity index (χ1v) is 5.13. The van der Waals surface area contributed by atoms with Gasteiger partial charge in [-0.3, -0.25) is 5.32 Å². The van der Waals surface area contributed by atoms with Gasteiger partial charge >= 0.3 is 12.3 Å². The first-order valence-electron chi connectivity index (χ1n) is 5.13. The van der Waals surface area contributed by atoms with Crippen LogP contribution in [0.2, 0.25) is 0 Å². The fourth-order valence-corrected chi connectivity index (χ4v) is 0.917. The Balaban J connectivity index is 3.87. The van der Waals surface area contributed by atoms with Gasteiger partial charge in [0, 0.05) is 6.54 Å². The fraction of sp³-hybridized carbons (Fsp3) is 0.778. The summed E-state index contributed by atoms with van der Waals surface area (Å²) >= 11 is 0. The van der Waals surface area contributed by atoms with Gasteiger partial charge in [0.25, 0.3) is 0 Å². The Kier molecular flexibility index (Phi) is 8.62. The number of rotatable bonds is 9. The van der Waals surface area contributed by atoms with Crippen LogP contribution in [0.1, 0.15) is 6.92 Å². The van der Waals surface area contributed by atoms with Gasteiger partial charge in [0.15, 0.2) is 0 Å². The lowest BCUT2D eigenvalue weighted by molar-refractivity contribution is -0.0491. The molecule has 4 N–H and O–H groups in total. The Morgan fingerprint density at radius 1 is 1.17 bits per heavy atom. The van der Waals surface area contributed by atoms with Crippen molar-refractivity contribution in [3.8, 4) is 0 Å². The van der Waals surface area contributed by atoms with Crippen LogP contribution in [0, 0.1) is 0 Å². The molecule has 0 aromatic carbocycles. The summed E-state index contributed by atoms with van der Waals surface area (Å²) in [5.74, 6) is 0. The van der Waals surface area contributed by atoms with Gasteiger partial charge < -0.3 is 29.5 Å². The molecule has 0 rings (SSSR count). The van der Waals surface area contributed by atoms with Crippen LogP contribution in [-0.2, 0) is 14.2 Å². The van der Waals surface area contributed by atoms with Gasteiger partial charge in [0.2, 0.25) is 0 Å². The molecule has 0 aromatic rings. The molecule has 0 aliphatic rings. The lowest BCUT2D eigenvalue weighted by Gasteiger charge is -2.17. The SMILES string of the molecule is CC(O)CNCOC(COC(=O)O)COC(=O)O. The first-order chi connectivity index (χ1) is 8.41. The zero-order valence-electron chi connectivity index (χ0n) is 9.87. The van der Waals surface area contributed by atoms with Crippen molar-refractivity contribution < 1.29 is 39.1 Å². The molecule has 9 heteroatoms. The van der Waals surface area contributed by atoms with Gasteiger partial charge in [0.05, 0.1) is 12.8 Å². The highest BCUT2D eigenvalue weighted by molar-refractivity contribution is 5.57. The lowest BCUT2D eigenvalue weighted by atomic mass is 10.4. The Labute approximate surface area is 103 Å². The molecule has 1 unspecified atom stereocenters. The molecule has 0 amide bonds. The quantitative estimate of drug-likeness (QED) is 0.252. The number of hydrogen-bond acceptors (Lipinski definition) is 7. The molecular weight excluding hydrogens is 250 g/mol. The summed E-state index contributed by atoms with van der Waals surface area (Å²) in [5.41, 5.74) is 0. The molecule has 0 aromatic heterocycles. The van der Waals surface area contributed by atoms with Crippen molar-refractivity contribution in [2.75, 3.05) is 26.5 Å². The number of aliphatic hydroxyl groups excluding tert-OH is 1. The second-order valence-electron chi connectivity index (χ2n) is 3.39. The van der Waals surface area contributed by atoms with Crippen LogP contribution < -0.4 is 5.32 Å². The molecule has 0 bridgehead atoms. The van der Waals surface area contributed by atoms with Gasteiger partial charge in [-0.25, -0.2) is 9.59 Å². The van der Waals surface area contributed by atoms with Crippen LogP contribution in [0.15, 0.2) is 0 Å². The standard InChI is InChI=1S/C9H17NO8/c1-6(11)2-10-5-18-7(3-16-8(12)13)4-17-9(14)15/h6-7,10-11H,2-5H2,1H3,(H,12,13)(H,14,15). The van der Waals surface area contributed by atoms with E-state index >= 15 is 0 Å². The Morgan fingerprint density at radius 2 is 1.67 bits per heavy atom. The summed E-state index contributed by atoms with van der Waals surface area (Å²) in [7, 11) is 0. The highest BCUT2D eigenvalue weighted by Crippen LogP contribution is 1.96. The van der Waals surface area contributed by atoms with Crippen LogP contribution in [-0.4, -0.2) is 66.3 Å². The summed E-state index contributed by atoms with van der Waals surface area (Å²) in [6.45, 7) is 1.16. The van der Waals surface area contributed by atoms with E-state index in [0.717, 1.165) is 0 Å². The molecule has 0 radical (unpaired) electrons. The number of carboxylic acid groups (broad SMARTS) is 2. The number of aliphatic hydroxyl groups is 1. The van der Waals surface area contributed by atoms with E-state index in [4.69, 9.17) is 20.1 Å². The third-order valence-corrected chi connectivity index (χ3v) is 1.65. The highest BCUT2D eigenvalue weighted by atomic mass is 16.7. The third kappa shape index (κ3) is 10.9. The summed E-state index contributed by atoms with van der Waals surface area (Å²) in [6.07, 6.45) is -4.39. The van der Waals surface area contributed by atoms with Crippen molar-refractivity contribution >= 4 is 12.3 Å². The maximum absolute atomic E-state index is 10.2. The van der Waals surface area contributed by atoms with Gasteiger partial charge in [-0.05, 0) is 6.92 Å². The largest absolute Gasteiger partial charge is 0.505 e. The van der Waals surface area contributed by atoms with E-state index in [1.807, 2.05) is 0 Å². The average Bonchev–Trinajstić information content (AvgIpc) is 2.25. The minimum atomic E-state index is -1.49. The second kappa shape index (κ2) is 9.45. The molecule has 0 aliphatic heterocycles. The molecule has 0 saturated heterocycles. The highest BCUT2D eigenvalue weighted by Gasteiger charge is 2.14. The monoisotopic (exact) mass is 267 g/mol. The molecule has 0 heterocycles. The van der Waals surface area contributed by atoms with Gasteiger partial charge in [0.1, 0.15) is 19.3 Å². The van der Waals surface area contributed by atoms with Crippen LogP contribution in [0.3, 0.4) is 0 Å². The van der Waals surface area contributed by atoms with E-state index in [1.54, 1.807) is 6.92 Å². The van der Waals surface area contributed by atoms with Gasteiger partial charge in [-0.1, -0.05) is 0 Å². The molecule has 1 atom stereocenters. The van der Waals surface area contributed by atoms with Gasteiger partial charge in [-0.15, -0.1) is 0 Å². The first kappa shape index (κ1) is 16.4. The van der Waals surface area contributed by atoms with Crippen LogP contribution >= 0.6 is 0 Å². The zero-order valence-corrected chi connectivity index (χ0v) is 9.87. The normalized spacial score (nSPS) is 12.2. The van der Waals surface area contributed by atoms with Crippen molar-refractivity contribution in [1.29, 1.82) is 0 Å². The Bertz CT molecular complexity index is 239. The molecule has 0 saturated carbocycles. The molecule has 9 nitrogen and oxygen atoms in total. The summed E-state index contributed by atoms with van der Waals surface area (Å²) in [5, 5.41) is 28.3. The summed E-state index contributed by atoms with van der Waals surface area (Å²) < 4.78 is 13.6. The predicted molar refractivity (Wildman–Crippen MR) is 57.4 cm³/mol. The summed E-state index contributed by atoms with van der Waals surface area (Å²) in [6, 6.07) is 0. The van der Waals surface area contributed by atoms with E-state index < -0.39 is 24.5 Å². The lowest BCUT2D eigenvalue weighted by Crippen LogP contribution is -2.34. The number of nitrogens with one attached hydrogen (secondary N) is 1. The second-order valence-corrected chi connectivity index (χ2v) is 3.39. The maximum Gasteiger partial charge on any atom is 0.505 e. The zero-order chi connectivity index (χ0) is 14.0. The maximum atomic E-state index is 10.2. The third-order valence-electron chi connectivity index (χ3n) is 1.65. The molecule has 0 aliphatic carbocycles. The van der Waals surface area contributed by atoms with E-state index in [0.29, 0.717) is 0 Å². The predicted octanol–water partition coefficient (Wildman–Crippen LogP) is -0.311.